The number of aryl methyl sites for hydroxylation is 1. The molecular weight excluding hydrogens is 473 g/mol. The number of carbonyl (C=O) groups is 1. The van der Waals surface area contributed by atoms with Crippen LogP contribution in [0.25, 0.3) is 0 Å². The Morgan fingerprint density at radius 1 is 1.22 bits per heavy atom. The summed E-state index contributed by atoms with van der Waals surface area (Å²) in [4.78, 5) is 25.1. The molecule has 0 saturated carbocycles. The minimum Gasteiger partial charge on any atom is -0.485 e. The van der Waals surface area contributed by atoms with Crippen molar-refractivity contribution in [3.8, 4) is 5.75 Å². The lowest BCUT2D eigenvalue weighted by Crippen LogP contribution is -2.59. The minimum absolute atomic E-state index is 0.135. The Hall–Kier alpha value is -3.04. The van der Waals surface area contributed by atoms with Gasteiger partial charge < -0.3 is 19.7 Å². The van der Waals surface area contributed by atoms with Crippen LogP contribution >= 0.6 is 0 Å². The lowest BCUT2D eigenvalue weighted by molar-refractivity contribution is -0.130. The highest BCUT2D eigenvalue weighted by Gasteiger charge is 2.41. The maximum atomic E-state index is 14.9. The highest BCUT2D eigenvalue weighted by molar-refractivity contribution is 5.87. The highest BCUT2D eigenvalue weighted by atomic mass is 19.1. The standard InChI is InChI=1S/C28H34FN5O3/c1-3-26(35)33-9-5-25(22(29)15-33)34-13-19(14-34)23-12-24-27(17(2)31-23)37-16-21-20(4-8-30-28(21)32-24)18-6-10-36-11-7-18/h3-4,8,12,18-19,22,25H,1,5-7,9-11,13-16H2,2H3,(H,30,32)/t22-,25-/m0/s1. The monoisotopic (exact) mass is 507 g/mol. The van der Waals surface area contributed by atoms with Gasteiger partial charge in [-0.1, -0.05) is 6.58 Å². The maximum Gasteiger partial charge on any atom is 0.246 e. The van der Waals surface area contributed by atoms with Gasteiger partial charge in [0.25, 0.3) is 0 Å². The Morgan fingerprint density at radius 3 is 2.78 bits per heavy atom. The molecule has 0 spiro atoms. The Labute approximate surface area is 216 Å². The number of rotatable bonds is 4. The van der Waals surface area contributed by atoms with Gasteiger partial charge >= 0.3 is 0 Å². The number of piperidine rings is 1. The fourth-order valence-corrected chi connectivity index (χ4v) is 6.20. The summed E-state index contributed by atoms with van der Waals surface area (Å²) in [6, 6.07) is 4.03. The van der Waals surface area contributed by atoms with Crippen molar-refractivity contribution in [2.75, 3.05) is 44.7 Å². The number of hydrogen-bond acceptors (Lipinski definition) is 7. The van der Waals surface area contributed by atoms with E-state index in [2.05, 4.69) is 33.9 Å². The van der Waals surface area contributed by atoms with Gasteiger partial charge in [-0.05, 0) is 55.9 Å². The van der Waals surface area contributed by atoms with Crippen molar-refractivity contribution < 1.29 is 18.7 Å². The molecule has 4 aliphatic rings. The number of nitrogens with zero attached hydrogens (tertiary/aromatic N) is 4. The first-order valence-electron chi connectivity index (χ1n) is 13.3. The Morgan fingerprint density at radius 2 is 2.03 bits per heavy atom. The molecular formula is C28H34FN5O3. The average Bonchev–Trinajstić information content (AvgIpc) is 3.08. The number of ether oxygens (including phenoxy) is 2. The predicted octanol–water partition coefficient (Wildman–Crippen LogP) is 3.84. The van der Waals surface area contributed by atoms with Crippen molar-refractivity contribution in [1.82, 2.24) is 19.8 Å². The molecule has 2 aromatic rings. The molecule has 8 nitrogen and oxygen atoms in total. The molecule has 2 aromatic heterocycles. The number of carbonyl (C=O) groups excluding carboxylic acids is 1. The van der Waals surface area contributed by atoms with Crippen LogP contribution in [0.2, 0.25) is 0 Å². The first-order valence-corrected chi connectivity index (χ1v) is 13.3. The number of aromatic nitrogens is 2. The number of fused-ring (bicyclic) bond motifs is 2. The zero-order valence-corrected chi connectivity index (χ0v) is 21.3. The normalized spacial score (nSPS) is 24.6. The Balaban J connectivity index is 1.16. The molecule has 37 heavy (non-hydrogen) atoms. The number of alkyl halides is 1. The van der Waals surface area contributed by atoms with Crippen LogP contribution in [0.3, 0.4) is 0 Å². The summed E-state index contributed by atoms with van der Waals surface area (Å²) in [5, 5.41) is 3.54. The van der Waals surface area contributed by atoms with Gasteiger partial charge in [0, 0.05) is 62.3 Å². The fourth-order valence-electron chi connectivity index (χ4n) is 6.20. The van der Waals surface area contributed by atoms with Gasteiger partial charge in [0.1, 0.15) is 18.6 Å². The van der Waals surface area contributed by atoms with E-state index in [1.54, 1.807) is 4.90 Å². The van der Waals surface area contributed by atoms with Crippen LogP contribution in [0.4, 0.5) is 15.9 Å². The van der Waals surface area contributed by atoms with E-state index in [-0.39, 0.29) is 24.4 Å². The van der Waals surface area contributed by atoms with Gasteiger partial charge in [-0.2, -0.15) is 0 Å². The molecule has 9 heteroatoms. The number of anilines is 2. The van der Waals surface area contributed by atoms with E-state index in [4.69, 9.17) is 14.5 Å². The molecule has 6 rings (SSSR count). The third-order valence-electron chi connectivity index (χ3n) is 8.32. The van der Waals surface area contributed by atoms with E-state index in [1.807, 2.05) is 13.1 Å². The molecule has 0 aliphatic carbocycles. The molecule has 1 N–H and O–H groups in total. The van der Waals surface area contributed by atoms with Crippen molar-refractivity contribution in [2.24, 2.45) is 0 Å². The molecule has 3 saturated heterocycles. The van der Waals surface area contributed by atoms with Crippen molar-refractivity contribution in [2.45, 2.75) is 56.8 Å². The van der Waals surface area contributed by atoms with Gasteiger partial charge in [-0.15, -0.1) is 0 Å². The molecule has 4 aliphatic heterocycles. The Bertz CT molecular complexity index is 1190. The van der Waals surface area contributed by atoms with Crippen LogP contribution in [-0.4, -0.2) is 77.3 Å². The first kappa shape index (κ1) is 24.3. The zero-order valence-electron chi connectivity index (χ0n) is 21.3. The number of pyridine rings is 2. The van der Waals surface area contributed by atoms with Crippen LogP contribution in [0, 0.1) is 6.92 Å². The van der Waals surface area contributed by atoms with E-state index >= 15 is 0 Å². The van der Waals surface area contributed by atoms with E-state index in [0.29, 0.717) is 25.5 Å². The van der Waals surface area contributed by atoms with Gasteiger partial charge in [0.15, 0.2) is 5.75 Å². The molecule has 3 fully saturated rings. The summed E-state index contributed by atoms with van der Waals surface area (Å²) in [7, 11) is 0. The molecule has 196 valence electrons. The summed E-state index contributed by atoms with van der Waals surface area (Å²) in [6.45, 7) is 9.75. The van der Waals surface area contributed by atoms with Gasteiger partial charge in [-0.25, -0.2) is 9.37 Å². The third kappa shape index (κ3) is 4.59. The van der Waals surface area contributed by atoms with E-state index < -0.39 is 6.17 Å². The number of amides is 1. The van der Waals surface area contributed by atoms with Crippen molar-refractivity contribution in [3.05, 3.63) is 53.5 Å². The van der Waals surface area contributed by atoms with Crippen LogP contribution < -0.4 is 10.1 Å². The highest BCUT2D eigenvalue weighted by Crippen LogP contribution is 2.41. The smallest absolute Gasteiger partial charge is 0.246 e. The minimum atomic E-state index is -1.05. The van der Waals surface area contributed by atoms with Crippen LogP contribution in [0.1, 0.15) is 53.6 Å². The summed E-state index contributed by atoms with van der Waals surface area (Å²) in [5.74, 6) is 2.09. The van der Waals surface area contributed by atoms with E-state index in [0.717, 1.165) is 73.4 Å². The largest absolute Gasteiger partial charge is 0.485 e. The second-order valence-corrected chi connectivity index (χ2v) is 10.5. The summed E-state index contributed by atoms with van der Waals surface area (Å²) >= 11 is 0. The van der Waals surface area contributed by atoms with Crippen LogP contribution in [-0.2, 0) is 16.1 Å². The summed E-state index contributed by atoms with van der Waals surface area (Å²) in [5.41, 5.74) is 5.11. The molecule has 0 radical (unpaired) electrons. The zero-order chi connectivity index (χ0) is 25.5. The lowest BCUT2D eigenvalue weighted by atomic mass is 9.89. The summed E-state index contributed by atoms with van der Waals surface area (Å²) < 4.78 is 26.8. The second-order valence-electron chi connectivity index (χ2n) is 10.5. The van der Waals surface area contributed by atoms with Crippen molar-refractivity contribution in [3.63, 3.8) is 0 Å². The number of hydrogen-bond donors (Lipinski definition) is 1. The van der Waals surface area contributed by atoms with Gasteiger partial charge in [0.05, 0.1) is 17.9 Å². The second kappa shape index (κ2) is 10.0. The SMILES string of the molecule is C=CC(=O)N1CC[C@H](N2CC(c3cc4c(c(C)n3)OCc3c(C5CCOCC5)ccnc3N4)C2)[C@@H](F)C1. The molecule has 6 heterocycles. The first-order chi connectivity index (χ1) is 18.0. The third-order valence-corrected chi connectivity index (χ3v) is 8.32. The molecule has 0 bridgehead atoms. The quantitative estimate of drug-likeness (QED) is 0.630. The number of nitrogens with one attached hydrogen (secondary N) is 1. The van der Waals surface area contributed by atoms with E-state index in [9.17, 15) is 9.18 Å². The Kier molecular flexibility index (Phi) is 6.58. The van der Waals surface area contributed by atoms with Crippen LogP contribution in [0.15, 0.2) is 31.0 Å². The molecule has 1 amide bonds. The topological polar surface area (TPSA) is 79.8 Å². The summed E-state index contributed by atoms with van der Waals surface area (Å²) in [6.07, 6.45) is 4.74. The predicted molar refractivity (Wildman–Crippen MR) is 138 cm³/mol. The number of halogens is 1. The molecule has 0 aromatic carbocycles. The van der Waals surface area contributed by atoms with Crippen molar-refractivity contribution >= 4 is 17.4 Å². The van der Waals surface area contributed by atoms with Gasteiger partial charge in [0.2, 0.25) is 5.91 Å². The lowest BCUT2D eigenvalue weighted by Gasteiger charge is -2.48. The maximum absolute atomic E-state index is 14.9. The molecule has 0 unspecified atom stereocenters. The van der Waals surface area contributed by atoms with Crippen molar-refractivity contribution in [1.29, 1.82) is 0 Å². The number of likely N-dealkylation sites (tertiary alicyclic amines) is 2. The molecule has 2 atom stereocenters. The fraction of sp³-hybridized carbons (Fsp3) is 0.536. The van der Waals surface area contributed by atoms with Gasteiger partial charge in [-0.3, -0.25) is 14.7 Å². The van der Waals surface area contributed by atoms with Crippen LogP contribution in [0.5, 0.6) is 5.75 Å². The van der Waals surface area contributed by atoms with E-state index in [1.165, 1.54) is 11.6 Å². The average molecular weight is 508 g/mol.